The van der Waals surface area contributed by atoms with E-state index >= 15 is 0 Å². The Morgan fingerprint density at radius 1 is 0.955 bits per heavy atom. The lowest BCUT2D eigenvalue weighted by Crippen LogP contribution is -2.38. The summed E-state index contributed by atoms with van der Waals surface area (Å²) >= 11 is 3.79. The quantitative estimate of drug-likeness (QED) is 0.584. The maximum atomic E-state index is 11.9. The summed E-state index contributed by atoms with van der Waals surface area (Å²) in [5, 5.41) is 0.925. The van der Waals surface area contributed by atoms with Crippen molar-refractivity contribution in [1.29, 1.82) is 0 Å². The zero-order valence-corrected chi connectivity index (χ0v) is 13.3. The molecule has 2 bridgehead atoms. The summed E-state index contributed by atoms with van der Waals surface area (Å²) in [6.45, 7) is 0. The first-order valence-corrected chi connectivity index (χ1v) is 9.34. The van der Waals surface area contributed by atoms with Crippen molar-refractivity contribution in [2.24, 2.45) is 23.7 Å². The lowest BCUT2D eigenvalue weighted by molar-refractivity contribution is -0.154. The van der Waals surface area contributed by atoms with E-state index in [0.717, 1.165) is 6.42 Å². The molecular formula is C17H14O3S2. The number of cyclic esters (lactones) is 2. The second kappa shape index (κ2) is 4.65. The smallest absolute Gasteiger partial charge is 0.317 e. The molecule has 22 heavy (non-hydrogen) atoms. The number of carbonyl (C=O) groups is 2. The van der Waals surface area contributed by atoms with E-state index in [4.69, 9.17) is 4.74 Å². The van der Waals surface area contributed by atoms with Crippen molar-refractivity contribution in [3.63, 3.8) is 0 Å². The van der Waals surface area contributed by atoms with Crippen LogP contribution in [0.2, 0.25) is 0 Å². The van der Waals surface area contributed by atoms with Crippen LogP contribution in [-0.4, -0.2) is 22.4 Å². The van der Waals surface area contributed by atoms with Gasteiger partial charge in [-0.15, -0.1) is 23.5 Å². The van der Waals surface area contributed by atoms with Gasteiger partial charge in [0.2, 0.25) is 0 Å². The molecule has 1 aromatic rings. The number of hydrogen-bond acceptors (Lipinski definition) is 5. The van der Waals surface area contributed by atoms with Gasteiger partial charge in [0.15, 0.2) is 0 Å². The van der Waals surface area contributed by atoms with Gasteiger partial charge in [-0.2, -0.15) is 0 Å². The Bertz CT molecular complexity index is 663. The monoisotopic (exact) mass is 330 g/mol. The average Bonchev–Trinajstić information content (AvgIpc) is 3.20. The predicted molar refractivity (Wildman–Crippen MR) is 86.9 cm³/mol. The number of benzene rings is 1. The van der Waals surface area contributed by atoms with Crippen LogP contribution in [0.15, 0.2) is 34.6 Å². The number of thioether (sulfide) groups is 2. The molecule has 0 spiro atoms. The van der Waals surface area contributed by atoms with Crippen molar-refractivity contribution in [3.05, 3.63) is 40.1 Å². The van der Waals surface area contributed by atoms with Crippen molar-refractivity contribution in [1.82, 2.24) is 0 Å². The minimum Gasteiger partial charge on any atom is -0.393 e. The average molecular weight is 330 g/mol. The van der Waals surface area contributed by atoms with E-state index in [-0.39, 0.29) is 23.8 Å². The molecule has 112 valence electrons. The molecule has 2 aliphatic carbocycles. The van der Waals surface area contributed by atoms with Crippen LogP contribution < -0.4 is 0 Å². The fourth-order valence-electron chi connectivity index (χ4n) is 4.54. The van der Waals surface area contributed by atoms with E-state index in [0.29, 0.717) is 22.3 Å². The van der Waals surface area contributed by atoms with Gasteiger partial charge >= 0.3 is 11.9 Å². The molecule has 0 N–H and O–H groups in total. The molecular weight excluding hydrogens is 316 g/mol. The van der Waals surface area contributed by atoms with Crippen molar-refractivity contribution >= 4 is 41.5 Å². The minimum absolute atomic E-state index is 0.164. The molecule has 0 radical (unpaired) electrons. The molecule has 2 aliphatic heterocycles. The van der Waals surface area contributed by atoms with Crippen molar-refractivity contribution in [2.45, 2.75) is 16.9 Å². The molecule has 1 aromatic carbocycles. The Morgan fingerprint density at radius 2 is 1.55 bits per heavy atom. The summed E-state index contributed by atoms with van der Waals surface area (Å²) in [4.78, 5) is 23.9. The number of fused-ring (bicyclic) bond motifs is 8. The van der Waals surface area contributed by atoms with Crippen LogP contribution in [0.25, 0.3) is 6.08 Å². The van der Waals surface area contributed by atoms with E-state index in [2.05, 4.69) is 18.2 Å². The third-order valence-electron chi connectivity index (χ3n) is 5.36. The molecule has 0 aromatic heterocycles. The maximum Gasteiger partial charge on any atom is 0.317 e. The molecule has 2 heterocycles. The summed E-state index contributed by atoms with van der Waals surface area (Å²) in [7, 11) is 0. The Morgan fingerprint density at radius 3 is 2.14 bits per heavy atom. The molecule has 2 saturated carbocycles. The highest BCUT2D eigenvalue weighted by atomic mass is 32.2. The first kappa shape index (κ1) is 13.3. The van der Waals surface area contributed by atoms with Gasteiger partial charge in [-0.05, 0) is 29.9 Å². The highest BCUT2D eigenvalue weighted by Gasteiger charge is 2.68. The van der Waals surface area contributed by atoms with Crippen molar-refractivity contribution < 1.29 is 14.3 Å². The topological polar surface area (TPSA) is 43.4 Å². The van der Waals surface area contributed by atoms with Gasteiger partial charge in [-0.3, -0.25) is 9.59 Å². The highest BCUT2D eigenvalue weighted by molar-refractivity contribution is 8.26. The first-order valence-electron chi connectivity index (χ1n) is 7.58. The zero-order chi connectivity index (χ0) is 14.8. The molecule has 3 nitrogen and oxygen atoms in total. The van der Waals surface area contributed by atoms with Gasteiger partial charge in [-0.1, -0.05) is 30.3 Å². The number of carbonyl (C=O) groups excluding carboxylic acids is 2. The molecule has 4 fully saturated rings. The fourth-order valence-corrected chi connectivity index (χ4v) is 8.29. The summed E-state index contributed by atoms with van der Waals surface area (Å²) < 4.78 is 6.20. The van der Waals surface area contributed by atoms with Crippen LogP contribution in [0.3, 0.4) is 0 Å². The third-order valence-corrected chi connectivity index (χ3v) is 8.64. The van der Waals surface area contributed by atoms with Gasteiger partial charge < -0.3 is 4.74 Å². The van der Waals surface area contributed by atoms with Crippen LogP contribution >= 0.6 is 23.5 Å². The number of esters is 2. The van der Waals surface area contributed by atoms with Gasteiger partial charge in [0.25, 0.3) is 0 Å². The Balaban J connectivity index is 1.44. The molecule has 5 rings (SSSR count). The number of rotatable bonds is 1. The summed E-state index contributed by atoms with van der Waals surface area (Å²) in [5.74, 6) is -0.235. The van der Waals surface area contributed by atoms with Gasteiger partial charge in [0.05, 0.1) is 11.8 Å². The first-order chi connectivity index (χ1) is 10.7. The minimum atomic E-state index is -0.271. The van der Waals surface area contributed by atoms with E-state index in [9.17, 15) is 9.59 Å². The molecule has 0 amide bonds. The Kier molecular flexibility index (Phi) is 2.80. The van der Waals surface area contributed by atoms with E-state index in [1.165, 1.54) is 9.80 Å². The van der Waals surface area contributed by atoms with Gasteiger partial charge in [0.1, 0.15) is 0 Å². The molecule has 5 heteroatoms. The van der Waals surface area contributed by atoms with Crippen LogP contribution in [-0.2, 0) is 14.3 Å². The fraction of sp³-hybridized carbons (Fsp3) is 0.412. The second-order valence-electron chi connectivity index (χ2n) is 6.39. The van der Waals surface area contributed by atoms with Crippen molar-refractivity contribution in [3.8, 4) is 0 Å². The summed E-state index contributed by atoms with van der Waals surface area (Å²) in [5.41, 5.74) is 1.21. The summed E-state index contributed by atoms with van der Waals surface area (Å²) in [6.07, 6.45) is 3.24. The largest absolute Gasteiger partial charge is 0.393 e. The van der Waals surface area contributed by atoms with Crippen LogP contribution in [0.1, 0.15) is 12.0 Å². The molecule has 2 saturated heterocycles. The van der Waals surface area contributed by atoms with Gasteiger partial charge in [0, 0.05) is 14.7 Å². The van der Waals surface area contributed by atoms with Crippen LogP contribution in [0.5, 0.6) is 0 Å². The standard InChI is InChI=1S/C17H14O3S2/c18-16-12-9-7-10(13(12)17(19)20-16)15-14(9)21-11(22-15)6-8-4-2-1-3-5-8/h1-6,9-10,12-15H,7H2/t9-,10+,12+,13-,14-,15+. The second-order valence-corrected chi connectivity index (χ2v) is 9.09. The number of ether oxygens (including phenoxy) is 1. The van der Waals surface area contributed by atoms with E-state index in [1.54, 1.807) is 0 Å². The normalized spacial score (nSPS) is 43.5. The Labute approximate surface area is 136 Å². The van der Waals surface area contributed by atoms with Crippen LogP contribution in [0.4, 0.5) is 0 Å². The maximum absolute atomic E-state index is 11.9. The highest BCUT2D eigenvalue weighted by Crippen LogP contribution is 2.68. The van der Waals surface area contributed by atoms with Crippen molar-refractivity contribution in [2.75, 3.05) is 0 Å². The lowest BCUT2D eigenvalue weighted by Gasteiger charge is -2.28. The zero-order valence-electron chi connectivity index (χ0n) is 11.7. The lowest BCUT2D eigenvalue weighted by atomic mass is 9.80. The van der Waals surface area contributed by atoms with Crippen LogP contribution in [0, 0.1) is 23.7 Å². The van der Waals surface area contributed by atoms with Gasteiger partial charge in [-0.25, -0.2) is 0 Å². The van der Waals surface area contributed by atoms with E-state index < -0.39 is 0 Å². The predicted octanol–water partition coefficient (Wildman–Crippen LogP) is 3.17. The molecule has 6 atom stereocenters. The molecule has 4 aliphatic rings. The summed E-state index contributed by atoms with van der Waals surface area (Å²) in [6, 6.07) is 10.3. The number of hydrogen-bond donors (Lipinski definition) is 0. The SMILES string of the molecule is O=C1OC(=O)[C@H]2[C@H]3C[C@H]([C@@H]4SC(=Cc5ccccc5)S[C@H]34)[C@@H]12. The molecule has 0 unspecified atom stereocenters. The Hall–Kier alpha value is -1.20. The van der Waals surface area contributed by atoms with E-state index in [1.807, 2.05) is 41.7 Å². The third kappa shape index (κ3) is 1.72.